The molecule has 27 heteroatoms. The highest BCUT2D eigenvalue weighted by molar-refractivity contribution is 7.08. The van der Waals surface area contributed by atoms with Gasteiger partial charge in [-0.05, 0) is 142 Å². The van der Waals surface area contributed by atoms with Gasteiger partial charge in [0, 0.05) is 88.6 Å². The van der Waals surface area contributed by atoms with E-state index in [2.05, 4.69) is 99.4 Å². The molecule has 11 N–H and O–H groups in total. The van der Waals surface area contributed by atoms with E-state index in [-0.39, 0.29) is 35.6 Å². The van der Waals surface area contributed by atoms with Crippen molar-refractivity contribution < 1.29 is 29.3 Å². The van der Waals surface area contributed by atoms with Crippen molar-refractivity contribution in [3.8, 4) is 62.2 Å². The van der Waals surface area contributed by atoms with Crippen LogP contribution in [0.5, 0.6) is 5.75 Å². The maximum absolute atomic E-state index is 12.8. The number of rotatable bonds is 13. The Bertz CT molecular complexity index is 5440. The van der Waals surface area contributed by atoms with Crippen LogP contribution in [0.15, 0.2) is 139 Å². The van der Waals surface area contributed by atoms with Gasteiger partial charge in [0.05, 0.1) is 52.6 Å². The molecule has 2 saturated carbocycles. The van der Waals surface area contributed by atoms with Gasteiger partial charge in [-0.15, -0.1) is 0 Å². The Morgan fingerprint density at radius 3 is 1.56 bits per heavy atom. The minimum atomic E-state index is -0.724. The predicted molar refractivity (Wildman–Crippen MR) is 397 cm³/mol. The topological polar surface area (TPSA) is 349 Å². The maximum atomic E-state index is 12.8. The average molecular weight is 1410 g/mol. The molecule has 0 atom stereocenters. The Labute approximate surface area is 593 Å². The van der Waals surface area contributed by atoms with Crippen molar-refractivity contribution in [2.75, 3.05) is 50.5 Å². The molecule has 1 aliphatic heterocycles. The number of thiophene rings is 1. The van der Waals surface area contributed by atoms with Crippen LogP contribution in [-0.4, -0.2) is 140 Å². The van der Waals surface area contributed by atoms with E-state index in [0.29, 0.717) is 83.7 Å². The van der Waals surface area contributed by atoms with E-state index in [1.165, 1.54) is 18.2 Å². The van der Waals surface area contributed by atoms with Gasteiger partial charge in [-0.1, -0.05) is 72.3 Å². The van der Waals surface area contributed by atoms with Gasteiger partial charge >= 0.3 is 18.0 Å². The minimum absolute atomic E-state index is 0.107. The van der Waals surface area contributed by atoms with Crippen molar-refractivity contribution in [1.29, 1.82) is 0 Å². The first-order valence-corrected chi connectivity index (χ1v) is 35.8. The fraction of sp³-hybridized carbons (Fsp3) is 0.293. The summed E-state index contributed by atoms with van der Waals surface area (Å²) >= 11 is 7.77. The fourth-order valence-electron chi connectivity index (χ4n) is 15.2. The monoisotopic (exact) mass is 1410 g/mol. The number of carbonyl (C=O) groups is 3. The zero-order valence-corrected chi connectivity index (χ0v) is 58.0. The Morgan fingerprint density at radius 2 is 1.05 bits per heavy atom. The van der Waals surface area contributed by atoms with Crippen LogP contribution in [0.1, 0.15) is 113 Å². The molecule has 2 aliphatic carbocycles. The summed E-state index contributed by atoms with van der Waals surface area (Å²) in [6, 6.07) is 34.6. The van der Waals surface area contributed by atoms with Crippen molar-refractivity contribution in [1.82, 2.24) is 78.3 Å². The summed E-state index contributed by atoms with van der Waals surface area (Å²) in [5.41, 5.74) is 33.2. The molecule has 25 nitrogen and oxygen atoms in total. The number of aromatic amines is 3. The first-order valence-electron chi connectivity index (χ1n) is 34.4. The second-order valence-corrected chi connectivity index (χ2v) is 27.5. The zero-order chi connectivity index (χ0) is 70.4. The Hall–Kier alpha value is -11.4. The third kappa shape index (κ3) is 12.5. The molecule has 3 fully saturated rings. The molecule has 520 valence electrons. The van der Waals surface area contributed by atoms with E-state index < -0.39 is 11.9 Å². The van der Waals surface area contributed by atoms with Crippen LogP contribution in [-0.2, 0) is 9.59 Å². The largest absolute Gasteiger partial charge is 0.495 e. The number of benzene rings is 4. The van der Waals surface area contributed by atoms with Gasteiger partial charge in [-0.2, -0.15) is 21.5 Å². The number of piperidine rings is 1. The van der Waals surface area contributed by atoms with Crippen molar-refractivity contribution in [2.24, 2.45) is 11.8 Å². The third-order valence-electron chi connectivity index (χ3n) is 20.5. The lowest BCUT2D eigenvalue weighted by Gasteiger charge is -2.34. The number of nitrogens with one attached hydrogen (secondary N) is 3. The fourth-order valence-corrected chi connectivity index (χ4v) is 15.9. The highest BCUT2D eigenvalue weighted by Crippen LogP contribution is 2.44. The Balaban J connectivity index is 0.000000124. The van der Waals surface area contributed by atoms with E-state index in [4.69, 9.17) is 48.5 Å². The number of anilines is 3. The number of imidazole rings is 3. The molecular weight excluding hydrogens is 1330 g/mol. The van der Waals surface area contributed by atoms with Crippen LogP contribution in [0.2, 0.25) is 5.02 Å². The summed E-state index contributed by atoms with van der Waals surface area (Å²) in [5.74, 6) is 2.98. The van der Waals surface area contributed by atoms with E-state index in [9.17, 15) is 24.6 Å². The lowest BCUT2D eigenvalue weighted by molar-refractivity contribution is -0.143. The van der Waals surface area contributed by atoms with Crippen LogP contribution in [0.25, 0.3) is 106 Å². The minimum Gasteiger partial charge on any atom is -0.495 e. The number of aromatic nitrogens is 14. The number of hydrogen-bond acceptors (Lipinski definition) is 16. The number of aliphatic carboxylic acids is 2. The van der Waals surface area contributed by atoms with Gasteiger partial charge in [0.25, 0.3) is 0 Å². The number of H-pyrrole nitrogens is 3. The van der Waals surface area contributed by atoms with Gasteiger partial charge in [0.15, 0.2) is 11.6 Å². The standard InChI is InChI=1S/C26H23ClN6O2.C25H23N5O2S.C24H30N8O2/c27-18-10-8-14(9-11-18)19-3-1-2-17-12-20(31-21(17)19)22-23-24(28)29-13-30-33(23)25(32-22)15-4-6-16(7-5-15)26(34)35;26-23-22-21(19-12-16-2-1-3-18(20(16)28-19)17-8-11-33-13-17)29-24(30(22)10-9-27-23)14-4-6-15(7-5-14)25(31)32;1-4-30(5-2)24(33)31-11-9-15(10-12-31)23-29-20(21-22(25)26-14-27-32(21)23)17-13-16-7-6-8-18(34-3)19(16)28-17/h1-3,8-13,15-16,31H,4-7H2,(H,34,35)(H2,28,29,30);1-3,8-15,28H,4-7H2,(H2,26,27)(H,31,32);6-8,13-15,28H,4-5,9-12H2,1-3H3,(H2,25,26,27). The van der Waals surface area contributed by atoms with Crippen LogP contribution in [0.4, 0.5) is 22.2 Å². The zero-order valence-electron chi connectivity index (χ0n) is 56.4. The van der Waals surface area contributed by atoms with Crippen molar-refractivity contribution in [2.45, 2.75) is 95.8 Å². The molecule has 14 aromatic rings. The summed E-state index contributed by atoms with van der Waals surface area (Å²) in [5, 5.41) is 35.8. The number of methoxy groups -OCH3 is 1. The van der Waals surface area contributed by atoms with E-state index in [1.807, 2.05) is 93.4 Å². The molecule has 2 amide bonds. The van der Waals surface area contributed by atoms with Crippen molar-refractivity contribution in [3.05, 3.63) is 161 Å². The van der Waals surface area contributed by atoms with Crippen LogP contribution in [0, 0.1) is 11.8 Å². The number of hydrogen-bond donors (Lipinski definition) is 8. The number of fused-ring (bicyclic) bond motifs is 6. The molecule has 4 aromatic carbocycles. The van der Waals surface area contributed by atoms with E-state index in [1.54, 1.807) is 29.2 Å². The summed E-state index contributed by atoms with van der Waals surface area (Å²) in [6.07, 6.45) is 13.8. The number of urea groups is 1. The van der Waals surface area contributed by atoms with Crippen LogP contribution < -0.4 is 21.9 Å². The number of carbonyl (C=O) groups excluding carboxylic acids is 1. The van der Waals surface area contributed by atoms with Crippen molar-refractivity contribution in [3.63, 3.8) is 0 Å². The second-order valence-electron chi connectivity index (χ2n) is 26.3. The molecule has 0 bridgehead atoms. The number of halogens is 1. The number of para-hydroxylation sites is 3. The molecule has 0 radical (unpaired) electrons. The van der Waals surface area contributed by atoms with Gasteiger partial charge in [-0.25, -0.2) is 43.7 Å². The number of carboxylic acid groups (broad SMARTS) is 2. The van der Waals surface area contributed by atoms with E-state index >= 15 is 0 Å². The average Bonchev–Trinajstić information content (AvgIpc) is 1.61. The van der Waals surface area contributed by atoms with Crippen molar-refractivity contribution >= 4 is 108 Å². The SMILES string of the molecule is CCN(CC)C(=O)N1CCC(c2nc(-c3cc4cccc(OC)c4[nH]3)c3c(N)ncnn23)CC1.Nc1nccn2c(C3CCC(C(=O)O)CC3)nc(-c3cc4cccc(-c5ccsc5)c4[nH]3)c12.Nc1ncnn2c(C3CCC(C(=O)O)CC3)nc(-c3cc4cccc(-c5ccc(Cl)cc5)c4[nH]3)c12. The summed E-state index contributed by atoms with van der Waals surface area (Å²) in [7, 11) is 1.66. The lowest BCUT2D eigenvalue weighted by Crippen LogP contribution is -2.46. The summed E-state index contributed by atoms with van der Waals surface area (Å²) in [4.78, 5) is 77.8. The van der Waals surface area contributed by atoms with Gasteiger partial charge in [0.1, 0.15) is 75.3 Å². The van der Waals surface area contributed by atoms with Crippen LogP contribution in [0.3, 0.4) is 0 Å². The first kappa shape index (κ1) is 66.5. The molecule has 10 aromatic heterocycles. The lowest BCUT2D eigenvalue weighted by atomic mass is 9.81. The molecule has 11 heterocycles. The number of ether oxygens (including phenoxy) is 1. The Morgan fingerprint density at radius 1 is 0.578 bits per heavy atom. The molecule has 1 saturated heterocycles. The quantitative estimate of drug-likeness (QED) is 0.0531. The molecule has 102 heavy (non-hydrogen) atoms. The first-order chi connectivity index (χ1) is 49.6. The summed E-state index contributed by atoms with van der Waals surface area (Å²) < 4.78 is 11.1. The highest BCUT2D eigenvalue weighted by atomic mass is 35.5. The van der Waals surface area contributed by atoms with Gasteiger partial charge in [-0.3, -0.25) is 14.0 Å². The predicted octanol–water partition coefficient (Wildman–Crippen LogP) is 14.6. The molecular formula is C75H76ClN19O6S. The maximum Gasteiger partial charge on any atom is 0.319 e. The third-order valence-corrected chi connectivity index (χ3v) is 21.5. The molecule has 0 spiro atoms. The number of amides is 2. The van der Waals surface area contributed by atoms with Gasteiger partial charge in [0.2, 0.25) is 0 Å². The number of carboxylic acids is 2. The normalized spacial score (nSPS) is 17.3. The number of nitrogens with two attached hydrogens (primary N) is 3. The smallest absolute Gasteiger partial charge is 0.319 e. The Kier molecular flexibility index (Phi) is 18.2. The van der Waals surface area contributed by atoms with E-state index in [0.717, 1.165) is 153 Å². The number of nitrogens with zero attached hydrogens (tertiary/aromatic N) is 13. The molecule has 0 unspecified atom stereocenters. The van der Waals surface area contributed by atoms with Gasteiger partial charge < -0.3 is 56.9 Å². The van der Waals surface area contributed by atoms with Crippen LogP contribution >= 0.6 is 22.9 Å². The molecule has 3 aliphatic rings. The number of nitrogen functional groups attached to an aromatic ring is 3. The second kappa shape index (κ2) is 28.0. The highest BCUT2D eigenvalue weighted by Gasteiger charge is 2.35. The molecule has 17 rings (SSSR count). The summed E-state index contributed by atoms with van der Waals surface area (Å²) in [6.45, 7) is 6.83. The number of likely N-dealkylation sites (tertiary alicyclic amines) is 1.